The lowest BCUT2D eigenvalue weighted by Crippen LogP contribution is -2.15. The fourth-order valence-corrected chi connectivity index (χ4v) is 1.47. The third kappa shape index (κ3) is 2.69. The summed E-state index contributed by atoms with van der Waals surface area (Å²) in [6, 6.07) is 10.4. The zero-order chi connectivity index (χ0) is 9.90. The highest BCUT2D eigenvalue weighted by Crippen LogP contribution is 2.24. The van der Waals surface area contributed by atoms with Crippen LogP contribution in [0.25, 0.3) is 0 Å². The Kier molecular flexibility index (Phi) is 2.86. The van der Waals surface area contributed by atoms with Crippen molar-refractivity contribution in [3.05, 3.63) is 35.9 Å². The molecule has 1 aromatic carbocycles. The quantitative estimate of drug-likeness (QED) is 0.611. The summed E-state index contributed by atoms with van der Waals surface area (Å²) in [5.74, 6) is 0. The van der Waals surface area contributed by atoms with Gasteiger partial charge in [0.05, 0.1) is 5.54 Å². The molecule has 0 saturated carbocycles. The van der Waals surface area contributed by atoms with Crippen molar-refractivity contribution in [1.29, 1.82) is 0 Å². The van der Waals surface area contributed by atoms with Crippen molar-refractivity contribution in [3.63, 3.8) is 0 Å². The molecule has 13 heavy (non-hydrogen) atoms. The number of aliphatic imine (C=N–C) groups is 1. The number of rotatable bonds is 2. The maximum absolute atomic E-state index is 4.60. The van der Waals surface area contributed by atoms with E-state index in [2.05, 4.69) is 43.1 Å². The molecule has 0 saturated heterocycles. The average Bonchev–Trinajstić information content (AvgIpc) is 2.04. The highest BCUT2D eigenvalue weighted by atomic mass is 14.8. The smallest absolute Gasteiger partial charge is 0.0799 e. The Morgan fingerprint density at radius 1 is 1.08 bits per heavy atom. The molecule has 1 heteroatoms. The summed E-state index contributed by atoms with van der Waals surface area (Å²) in [6.07, 6.45) is 0. The second kappa shape index (κ2) is 3.73. The lowest BCUT2D eigenvalue weighted by Gasteiger charge is -2.20. The summed E-state index contributed by atoms with van der Waals surface area (Å²) < 4.78 is 0. The molecule has 0 heterocycles. The fourth-order valence-electron chi connectivity index (χ4n) is 1.47. The standard InChI is InChI=1S/C12H17N/c1-10(2)13-12(3,4)11-8-6-5-7-9-11/h5-9H,1-4H3. The minimum absolute atomic E-state index is 0.0971. The fraction of sp³-hybridized carbons (Fsp3) is 0.417. The zero-order valence-electron chi connectivity index (χ0n) is 8.83. The molecule has 1 aromatic rings. The van der Waals surface area contributed by atoms with Crippen LogP contribution >= 0.6 is 0 Å². The van der Waals surface area contributed by atoms with Crippen molar-refractivity contribution in [1.82, 2.24) is 0 Å². The average molecular weight is 175 g/mol. The van der Waals surface area contributed by atoms with Crippen molar-refractivity contribution in [2.45, 2.75) is 33.2 Å². The Hall–Kier alpha value is -1.11. The number of benzene rings is 1. The van der Waals surface area contributed by atoms with Crippen LogP contribution in [0.3, 0.4) is 0 Å². The topological polar surface area (TPSA) is 12.4 Å². The van der Waals surface area contributed by atoms with Gasteiger partial charge in [0.1, 0.15) is 0 Å². The van der Waals surface area contributed by atoms with Crippen molar-refractivity contribution in [3.8, 4) is 0 Å². The molecule has 0 aliphatic heterocycles. The second-order valence-corrected chi connectivity index (χ2v) is 3.98. The molecule has 0 aliphatic carbocycles. The van der Waals surface area contributed by atoms with Gasteiger partial charge in [-0.3, -0.25) is 4.99 Å². The van der Waals surface area contributed by atoms with Gasteiger partial charge in [-0.2, -0.15) is 0 Å². The predicted octanol–water partition coefficient (Wildman–Crippen LogP) is 3.40. The Morgan fingerprint density at radius 2 is 1.62 bits per heavy atom. The minimum atomic E-state index is -0.0971. The molecule has 0 amide bonds. The third-order valence-electron chi connectivity index (χ3n) is 1.98. The monoisotopic (exact) mass is 175 g/mol. The van der Waals surface area contributed by atoms with Gasteiger partial charge in [-0.25, -0.2) is 0 Å². The van der Waals surface area contributed by atoms with Crippen LogP contribution < -0.4 is 0 Å². The zero-order valence-corrected chi connectivity index (χ0v) is 8.83. The maximum Gasteiger partial charge on any atom is 0.0799 e. The van der Waals surface area contributed by atoms with E-state index in [1.165, 1.54) is 5.56 Å². The first-order valence-electron chi connectivity index (χ1n) is 4.61. The van der Waals surface area contributed by atoms with Crippen LogP contribution in [0.2, 0.25) is 0 Å². The van der Waals surface area contributed by atoms with Crippen LogP contribution in [-0.2, 0) is 5.54 Å². The molecule has 70 valence electrons. The van der Waals surface area contributed by atoms with E-state index in [4.69, 9.17) is 0 Å². The van der Waals surface area contributed by atoms with Gasteiger partial charge in [0.2, 0.25) is 0 Å². The van der Waals surface area contributed by atoms with Crippen LogP contribution in [0.5, 0.6) is 0 Å². The Balaban J connectivity index is 3.01. The molecule has 0 atom stereocenters. The molecular formula is C12H17N. The van der Waals surface area contributed by atoms with Crippen LogP contribution in [0.4, 0.5) is 0 Å². The first-order chi connectivity index (χ1) is 6.02. The Labute approximate surface area is 80.5 Å². The number of hydrogen-bond acceptors (Lipinski definition) is 1. The first kappa shape index (κ1) is 9.97. The van der Waals surface area contributed by atoms with Crippen LogP contribution in [0, 0.1) is 0 Å². The van der Waals surface area contributed by atoms with Gasteiger partial charge >= 0.3 is 0 Å². The van der Waals surface area contributed by atoms with E-state index >= 15 is 0 Å². The van der Waals surface area contributed by atoms with Crippen LogP contribution in [0.15, 0.2) is 35.3 Å². The summed E-state index contributed by atoms with van der Waals surface area (Å²) >= 11 is 0. The summed E-state index contributed by atoms with van der Waals surface area (Å²) in [4.78, 5) is 4.60. The van der Waals surface area contributed by atoms with E-state index in [1.54, 1.807) is 0 Å². The molecule has 0 N–H and O–H groups in total. The van der Waals surface area contributed by atoms with Gasteiger partial charge < -0.3 is 0 Å². The highest BCUT2D eigenvalue weighted by Gasteiger charge is 2.17. The van der Waals surface area contributed by atoms with E-state index < -0.39 is 0 Å². The van der Waals surface area contributed by atoms with Gasteiger partial charge in [0, 0.05) is 5.71 Å². The molecule has 0 aliphatic rings. The molecule has 0 spiro atoms. The van der Waals surface area contributed by atoms with Gasteiger partial charge in [-0.1, -0.05) is 30.3 Å². The van der Waals surface area contributed by atoms with E-state index in [9.17, 15) is 0 Å². The maximum atomic E-state index is 4.60. The molecule has 0 aromatic heterocycles. The molecule has 0 fully saturated rings. The molecule has 1 rings (SSSR count). The lowest BCUT2D eigenvalue weighted by atomic mass is 9.95. The van der Waals surface area contributed by atoms with E-state index in [1.807, 2.05) is 19.9 Å². The Morgan fingerprint density at radius 3 is 2.08 bits per heavy atom. The molecule has 0 bridgehead atoms. The van der Waals surface area contributed by atoms with Crippen molar-refractivity contribution < 1.29 is 0 Å². The summed E-state index contributed by atoms with van der Waals surface area (Å²) in [5, 5.41) is 0. The summed E-state index contributed by atoms with van der Waals surface area (Å²) in [5.41, 5.74) is 2.28. The molecular weight excluding hydrogens is 158 g/mol. The lowest BCUT2D eigenvalue weighted by molar-refractivity contribution is 0.558. The first-order valence-corrected chi connectivity index (χ1v) is 4.61. The Bertz CT molecular complexity index is 292. The molecule has 0 unspecified atom stereocenters. The number of hydrogen-bond donors (Lipinski definition) is 0. The van der Waals surface area contributed by atoms with Crippen molar-refractivity contribution >= 4 is 5.71 Å². The van der Waals surface area contributed by atoms with Gasteiger partial charge in [-0.15, -0.1) is 0 Å². The third-order valence-corrected chi connectivity index (χ3v) is 1.98. The molecule has 0 radical (unpaired) electrons. The summed E-state index contributed by atoms with van der Waals surface area (Å²) in [6.45, 7) is 8.33. The van der Waals surface area contributed by atoms with Gasteiger partial charge in [0.25, 0.3) is 0 Å². The van der Waals surface area contributed by atoms with Gasteiger partial charge in [-0.05, 0) is 33.3 Å². The second-order valence-electron chi connectivity index (χ2n) is 3.98. The van der Waals surface area contributed by atoms with E-state index in [0.717, 1.165) is 5.71 Å². The van der Waals surface area contributed by atoms with E-state index in [-0.39, 0.29) is 5.54 Å². The number of nitrogens with zero attached hydrogens (tertiary/aromatic N) is 1. The highest BCUT2D eigenvalue weighted by molar-refractivity contribution is 5.79. The predicted molar refractivity (Wildman–Crippen MR) is 58.3 cm³/mol. The molecule has 1 nitrogen and oxygen atoms in total. The minimum Gasteiger partial charge on any atom is -0.284 e. The van der Waals surface area contributed by atoms with Crippen molar-refractivity contribution in [2.75, 3.05) is 0 Å². The SMILES string of the molecule is CC(C)=NC(C)(C)c1ccccc1. The van der Waals surface area contributed by atoms with Crippen LogP contribution in [-0.4, -0.2) is 5.71 Å². The van der Waals surface area contributed by atoms with Crippen LogP contribution in [0.1, 0.15) is 33.3 Å². The summed E-state index contributed by atoms with van der Waals surface area (Å²) in [7, 11) is 0. The normalized spacial score (nSPS) is 11.1. The van der Waals surface area contributed by atoms with Crippen molar-refractivity contribution in [2.24, 2.45) is 4.99 Å². The van der Waals surface area contributed by atoms with Gasteiger partial charge in [0.15, 0.2) is 0 Å². The van der Waals surface area contributed by atoms with E-state index in [0.29, 0.717) is 0 Å². The largest absolute Gasteiger partial charge is 0.284 e.